The molecule has 28 heavy (non-hydrogen) atoms. The molecule has 0 radical (unpaired) electrons. The van der Waals surface area contributed by atoms with Crippen LogP contribution >= 0.6 is 23.4 Å². The Kier molecular flexibility index (Phi) is 6.52. The Morgan fingerprint density at radius 1 is 1.25 bits per heavy atom. The van der Waals surface area contributed by atoms with Crippen LogP contribution in [0.4, 0.5) is 5.69 Å². The lowest BCUT2D eigenvalue weighted by atomic mass is 10.0. The SMILES string of the molecule is COc1cccc(C2SC(CC(=O)OC(C)C)C(=O)Nc3ccc(Cl)cc32)c1. The average Bonchev–Trinajstić information content (AvgIpc) is 2.78. The van der Waals surface area contributed by atoms with Gasteiger partial charge in [-0.1, -0.05) is 23.7 Å². The number of ether oxygens (including phenoxy) is 2. The number of esters is 1. The smallest absolute Gasteiger partial charge is 0.307 e. The first-order chi connectivity index (χ1) is 13.4. The molecule has 7 heteroatoms. The van der Waals surface area contributed by atoms with Crippen molar-refractivity contribution in [3.05, 3.63) is 58.6 Å². The van der Waals surface area contributed by atoms with Crippen LogP contribution in [0.25, 0.3) is 0 Å². The van der Waals surface area contributed by atoms with Gasteiger partial charge in [-0.2, -0.15) is 0 Å². The van der Waals surface area contributed by atoms with Crippen molar-refractivity contribution in [2.45, 2.75) is 36.9 Å². The van der Waals surface area contributed by atoms with Crippen molar-refractivity contribution in [1.29, 1.82) is 0 Å². The van der Waals surface area contributed by atoms with E-state index in [4.69, 9.17) is 21.1 Å². The normalized spacial score (nSPS) is 18.8. The number of hydrogen-bond acceptors (Lipinski definition) is 5. The first-order valence-corrected chi connectivity index (χ1v) is 10.3. The Morgan fingerprint density at radius 2 is 2.04 bits per heavy atom. The number of amides is 1. The van der Waals surface area contributed by atoms with Gasteiger partial charge in [0.2, 0.25) is 5.91 Å². The van der Waals surface area contributed by atoms with E-state index < -0.39 is 11.2 Å². The molecular weight excluding hydrogens is 398 g/mol. The number of carbonyl (C=O) groups excluding carboxylic acids is 2. The van der Waals surface area contributed by atoms with E-state index in [0.29, 0.717) is 10.7 Å². The molecule has 0 saturated carbocycles. The highest BCUT2D eigenvalue weighted by molar-refractivity contribution is 8.01. The van der Waals surface area contributed by atoms with Crippen molar-refractivity contribution in [2.75, 3.05) is 12.4 Å². The molecule has 0 saturated heterocycles. The topological polar surface area (TPSA) is 64.6 Å². The van der Waals surface area contributed by atoms with Gasteiger partial charge in [0.15, 0.2) is 0 Å². The minimum atomic E-state index is -0.589. The predicted molar refractivity (Wildman–Crippen MR) is 112 cm³/mol. The van der Waals surface area contributed by atoms with Gasteiger partial charge >= 0.3 is 5.97 Å². The summed E-state index contributed by atoms with van der Waals surface area (Å²) in [6, 6.07) is 13.1. The molecule has 0 aromatic heterocycles. The molecule has 0 aliphatic carbocycles. The molecule has 2 unspecified atom stereocenters. The fraction of sp³-hybridized carbons (Fsp3) is 0.333. The van der Waals surface area contributed by atoms with Crippen molar-refractivity contribution in [1.82, 2.24) is 0 Å². The molecule has 1 amide bonds. The zero-order chi connectivity index (χ0) is 20.3. The third kappa shape index (κ3) is 4.80. The number of anilines is 1. The van der Waals surface area contributed by atoms with Crippen LogP contribution < -0.4 is 10.1 Å². The third-order valence-corrected chi connectivity index (χ3v) is 6.01. The molecule has 2 aromatic carbocycles. The van der Waals surface area contributed by atoms with Crippen LogP contribution in [0.1, 0.15) is 36.6 Å². The second-order valence-electron chi connectivity index (χ2n) is 6.74. The van der Waals surface area contributed by atoms with E-state index >= 15 is 0 Å². The highest BCUT2D eigenvalue weighted by Gasteiger charge is 2.33. The molecule has 0 bridgehead atoms. The number of halogens is 1. The molecule has 0 spiro atoms. The van der Waals surface area contributed by atoms with Crippen molar-refractivity contribution in [3.8, 4) is 5.75 Å². The largest absolute Gasteiger partial charge is 0.497 e. The minimum Gasteiger partial charge on any atom is -0.497 e. The summed E-state index contributed by atoms with van der Waals surface area (Å²) in [5.41, 5.74) is 2.54. The van der Waals surface area contributed by atoms with E-state index in [1.807, 2.05) is 30.3 Å². The lowest BCUT2D eigenvalue weighted by Crippen LogP contribution is -2.28. The molecule has 3 rings (SSSR count). The number of fused-ring (bicyclic) bond motifs is 1. The quantitative estimate of drug-likeness (QED) is 0.703. The van der Waals surface area contributed by atoms with Gasteiger partial charge in [-0.05, 0) is 55.3 Å². The molecule has 1 aliphatic heterocycles. The van der Waals surface area contributed by atoms with E-state index in [1.165, 1.54) is 11.8 Å². The number of methoxy groups -OCH3 is 1. The number of rotatable bonds is 5. The predicted octanol–water partition coefficient (Wildman–Crippen LogP) is 4.83. The van der Waals surface area contributed by atoms with E-state index in [2.05, 4.69) is 5.32 Å². The van der Waals surface area contributed by atoms with Crippen LogP contribution in [-0.4, -0.2) is 30.3 Å². The lowest BCUT2D eigenvalue weighted by molar-refractivity contribution is -0.148. The second kappa shape index (κ2) is 8.88. The fourth-order valence-corrected chi connectivity index (χ4v) is 4.61. The molecular formula is C21H22ClNO4S. The number of benzene rings is 2. The molecule has 1 heterocycles. The van der Waals surface area contributed by atoms with Gasteiger partial charge in [-0.3, -0.25) is 9.59 Å². The number of hydrogen-bond donors (Lipinski definition) is 1. The Labute approximate surface area is 173 Å². The van der Waals surface area contributed by atoms with Gasteiger partial charge in [0.05, 0.1) is 30.1 Å². The maximum atomic E-state index is 12.8. The summed E-state index contributed by atoms with van der Waals surface area (Å²) in [6.07, 6.45) is -0.229. The van der Waals surface area contributed by atoms with E-state index in [1.54, 1.807) is 33.1 Å². The Hall–Kier alpha value is -2.18. The highest BCUT2D eigenvalue weighted by Crippen LogP contribution is 2.46. The highest BCUT2D eigenvalue weighted by atomic mass is 35.5. The first kappa shape index (κ1) is 20.6. The zero-order valence-corrected chi connectivity index (χ0v) is 17.5. The standard InChI is InChI=1S/C21H22ClNO4S/c1-12(2)27-19(24)11-18-21(25)23-17-8-7-14(22)10-16(17)20(28-18)13-5-4-6-15(9-13)26-3/h4-10,12,18,20H,11H2,1-3H3,(H,23,25). The minimum absolute atomic E-state index is 0.00311. The molecule has 5 nitrogen and oxygen atoms in total. The Balaban J connectivity index is 1.99. The van der Waals surface area contributed by atoms with Gasteiger partial charge in [0.25, 0.3) is 0 Å². The average molecular weight is 420 g/mol. The number of carbonyl (C=O) groups is 2. The van der Waals surface area contributed by atoms with Crippen LogP contribution in [-0.2, 0) is 14.3 Å². The van der Waals surface area contributed by atoms with Crippen molar-refractivity contribution >= 4 is 40.9 Å². The van der Waals surface area contributed by atoms with Crippen LogP contribution in [0.3, 0.4) is 0 Å². The van der Waals surface area contributed by atoms with Gasteiger partial charge in [0, 0.05) is 10.7 Å². The zero-order valence-electron chi connectivity index (χ0n) is 15.9. The summed E-state index contributed by atoms with van der Waals surface area (Å²) in [5, 5.41) is 2.73. The van der Waals surface area contributed by atoms with Crippen molar-refractivity contribution in [3.63, 3.8) is 0 Å². The molecule has 2 aromatic rings. The summed E-state index contributed by atoms with van der Waals surface area (Å²) in [4.78, 5) is 25.0. The third-order valence-electron chi connectivity index (χ3n) is 4.26. The van der Waals surface area contributed by atoms with E-state index in [0.717, 1.165) is 16.9 Å². The first-order valence-electron chi connectivity index (χ1n) is 8.96. The van der Waals surface area contributed by atoms with Gasteiger partial charge in [0.1, 0.15) is 5.75 Å². The molecule has 1 N–H and O–H groups in total. The molecule has 2 atom stereocenters. The molecule has 148 valence electrons. The summed E-state index contributed by atoms with van der Waals surface area (Å²) in [5.74, 6) is 0.108. The summed E-state index contributed by atoms with van der Waals surface area (Å²) in [6.45, 7) is 3.57. The van der Waals surface area contributed by atoms with Gasteiger partial charge in [-0.15, -0.1) is 11.8 Å². The van der Waals surface area contributed by atoms with Crippen molar-refractivity contribution in [2.24, 2.45) is 0 Å². The Bertz CT molecular complexity index is 886. The maximum absolute atomic E-state index is 12.8. The summed E-state index contributed by atoms with van der Waals surface area (Å²) < 4.78 is 10.6. The van der Waals surface area contributed by atoms with Gasteiger partial charge < -0.3 is 14.8 Å². The van der Waals surface area contributed by atoms with Crippen molar-refractivity contribution < 1.29 is 19.1 Å². The fourth-order valence-electron chi connectivity index (χ4n) is 3.04. The maximum Gasteiger partial charge on any atom is 0.307 e. The lowest BCUT2D eigenvalue weighted by Gasteiger charge is -2.21. The number of thioether (sulfide) groups is 1. The molecule has 0 fully saturated rings. The van der Waals surface area contributed by atoms with Crippen LogP contribution in [0, 0.1) is 0 Å². The van der Waals surface area contributed by atoms with E-state index in [-0.39, 0.29) is 23.7 Å². The Morgan fingerprint density at radius 3 is 2.75 bits per heavy atom. The van der Waals surface area contributed by atoms with Crippen LogP contribution in [0.2, 0.25) is 5.02 Å². The van der Waals surface area contributed by atoms with Crippen LogP contribution in [0.5, 0.6) is 5.75 Å². The monoisotopic (exact) mass is 419 g/mol. The van der Waals surface area contributed by atoms with Gasteiger partial charge in [-0.25, -0.2) is 0 Å². The van der Waals surface area contributed by atoms with Crippen LogP contribution in [0.15, 0.2) is 42.5 Å². The second-order valence-corrected chi connectivity index (χ2v) is 8.49. The van der Waals surface area contributed by atoms with E-state index in [9.17, 15) is 9.59 Å². The summed E-state index contributed by atoms with van der Waals surface area (Å²) >= 11 is 7.65. The summed E-state index contributed by atoms with van der Waals surface area (Å²) in [7, 11) is 1.61. The molecule has 1 aliphatic rings. The number of nitrogens with one attached hydrogen (secondary N) is 1.